The summed E-state index contributed by atoms with van der Waals surface area (Å²) in [4.78, 5) is 8.38. The van der Waals surface area contributed by atoms with Crippen molar-refractivity contribution in [1.82, 2.24) is 9.97 Å². The zero-order valence-corrected chi connectivity index (χ0v) is 9.27. The number of anilines is 2. The van der Waals surface area contributed by atoms with E-state index in [1.54, 1.807) is 19.5 Å². The summed E-state index contributed by atoms with van der Waals surface area (Å²) in [5, 5.41) is 3.19. The van der Waals surface area contributed by atoms with E-state index in [9.17, 15) is 0 Å². The van der Waals surface area contributed by atoms with E-state index in [0.717, 1.165) is 22.9 Å². The SMILES string of the molecule is COc1ccccc1Nc1nccnc1C. The van der Waals surface area contributed by atoms with Gasteiger partial charge in [-0.1, -0.05) is 12.1 Å². The van der Waals surface area contributed by atoms with E-state index in [0.29, 0.717) is 0 Å². The number of nitrogens with one attached hydrogen (secondary N) is 1. The molecular weight excluding hydrogens is 202 g/mol. The third-order valence-corrected chi connectivity index (χ3v) is 2.24. The zero-order valence-electron chi connectivity index (χ0n) is 9.27. The van der Waals surface area contributed by atoms with Crippen LogP contribution in [0.3, 0.4) is 0 Å². The Morgan fingerprint density at radius 2 is 1.88 bits per heavy atom. The van der Waals surface area contributed by atoms with E-state index in [1.165, 1.54) is 0 Å². The van der Waals surface area contributed by atoms with Crippen molar-refractivity contribution < 1.29 is 4.74 Å². The average Bonchev–Trinajstić information content (AvgIpc) is 2.33. The van der Waals surface area contributed by atoms with Gasteiger partial charge in [-0.15, -0.1) is 0 Å². The topological polar surface area (TPSA) is 47.0 Å². The highest BCUT2D eigenvalue weighted by Gasteiger charge is 2.04. The van der Waals surface area contributed by atoms with Crippen molar-refractivity contribution >= 4 is 11.5 Å². The van der Waals surface area contributed by atoms with Crippen molar-refractivity contribution in [1.29, 1.82) is 0 Å². The first-order valence-corrected chi connectivity index (χ1v) is 4.99. The lowest BCUT2D eigenvalue weighted by Gasteiger charge is -2.10. The van der Waals surface area contributed by atoms with Crippen LogP contribution in [0.5, 0.6) is 5.75 Å². The maximum absolute atomic E-state index is 5.25. The first kappa shape index (κ1) is 10.4. The van der Waals surface area contributed by atoms with Gasteiger partial charge in [-0.2, -0.15) is 0 Å². The smallest absolute Gasteiger partial charge is 0.151 e. The van der Waals surface area contributed by atoms with Gasteiger partial charge >= 0.3 is 0 Å². The molecule has 0 unspecified atom stereocenters. The summed E-state index contributed by atoms with van der Waals surface area (Å²) in [7, 11) is 1.64. The lowest BCUT2D eigenvalue weighted by atomic mass is 10.3. The quantitative estimate of drug-likeness (QED) is 0.854. The van der Waals surface area contributed by atoms with Crippen LogP contribution in [0.15, 0.2) is 36.7 Å². The molecule has 0 radical (unpaired) electrons. The number of methoxy groups -OCH3 is 1. The molecule has 16 heavy (non-hydrogen) atoms. The first-order chi connectivity index (χ1) is 7.81. The highest BCUT2D eigenvalue weighted by atomic mass is 16.5. The maximum Gasteiger partial charge on any atom is 0.151 e. The maximum atomic E-state index is 5.25. The summed E-state index contributed by atoms with van der Waals surface area (Å²) in [6.45, 7) is 1.91. The molecule has 0 bridgehead atoms. The monoisotopic (exact) mass is 215 g/mol. The Bertz CT molecular complexity index is 485. The van der Waals surface area contributed by atoms with Crippen molar-refractivity contribution in [3.8, 4) is 5.75 Å². The summed E-state index contributed by atoms with van der Waals surface area (Å²) >= 11 is 0. The lowest BCUT2D eigenvalue weighted by Crippen LogP contribution is -1.99. The second-order valence-corrected chi connectivity index (χ2v) is 3.32. The normalized spacial score (nSPS) is 9.88. The predicted molar refractivity (Wildman–Crippen MR) is 63.0 cm³/mol. The van der Waals surface area contributed by atoms with Crippen LogP contribution in [-0.2, 0) is 0 Å². The van der Waals surface area contributed by atoms with Gasteiger partial charge in [0.25, 0.3) is 0 Å². The molecule has 2 aromatic rings. The fourth-order valence-corrected chi connectivity index (χ4v) is 1.41. The van der Waals surface area contributed by atoms with Crippen LogP contribution in [0.1, 0.15) is 5.69 Å². The van der Waals surface area contributed by atoms with Crippen LogP contribution in [0.25, 0.3) is 0 Å². The van der Waals surface area contributed by atoms with E-state index in [-0.39, 0.29) is 0 Å². The lowest BCUT2D eigenvalue weighted by molar-refractivity contribution is 0.417. The summed E-state index contributed by atoms with van der Waals surface area (Å²) in [5.74, 6) is 1.53. The Morgan fingerprint density at radius 3 is 2.62 bits per heavy atom. The highest BCUT2D eigenvalue weighted by Crippen LogP contribution is 2.26. The summed E-state index contributed by atoms with van der Waals surface area (Å²) in [6, 6.07) is 7.70. The van der Waals surface area contributed by atoms with Gasteiger partial charge in [-0.25, -0.2) is 4.98 Å². The molecule has 2 rings (SSSR count). The number of para-hydroxylation sites is 2. The molecule has 1 aromatic carbocycles. The third kappa shape index (κ3) is 2.11. The number of hydrogen-bond acceptors (Lipinski definition) is 4. The van der Waals surface area contributed by atoms with Gasteiger partial charge in [0.2, 0.25) is 0 Å². The predicted octanol–water partition coefficient (Wildman–Crippen LogP) is 2.54. The average molecular weight is 215 g/mol. The molecule has 0 saturated heterocycles. The van der Waals surface area contributed by atoms with Gasteiger partial charge in [0, 0.05) is 12.4 Å². The standard InChI is InChI=1S/C12H13N3O/c1-9-12(14-8-7-13-9)15-10-5-3-4-6-11(10)16-2/h3-8H,1-2H3,(H,14,15). The highest BCUT2D eigenvalue weighted by molar-refractivity contribution is 5.64. The number of rotatable bonds is 3. The van der Waals surface area contributed by atoms with E-state index < -0.39 is 0 Å². The molecule has 0 aliphatic heterocycles. The van der Waals surface area contributed by atoms with Crippen molar-refractivity contribution in [3.63, 3.8) is 0 Å². The molecule has 4 heteroatoms. The van der Waals surface area contributed by atoms with E-state index in [2.05, 4.69) is 15.3 Å². The van der Waals surface area contributed by atoms with E-state index in [4.69, 9.17) is 4.74 Å². The van der Waals surface area contributed by atoms with E-state index in [1.807, 2.05) is 31.2 Å². The second kappa shape index (κ2) is 4.61. The van der Waals surface area contributed by atoms with Crippen LogP contribution in [0, 0.1) is 6.92 Å². The molecule has 1 heterocycles. The van der Waals surface area contributed by atoms with E-state index >= 15 is 0 Å². The Labute approximate surface area is 94.3 Å². The molecule has 0 aliphatic rings. The molecular formula is C12H13N3O. The number of aryl methyl sites for hydroxylation is 1. The van der Waals surface area contributed by atoms with Gasteiger partial charge in [0.1, 0.15) is 5.75 Å². The molecule has 0 spiro atoms. The molecule has 0 amide bonds. The fraction of sp³-hybridized carbons (Fsp3) is 0.167. The number of benzene rings is 1. The largest absolute Gasteiger partial charge is 0.495 e. The van der Waals surface area contributed by atoms with Crippen LogP contribution in [-0.4, -0.2) is 17.1 Å². The fourth-order valence-electron chi connectivity index (χ4n) is 1.41. The van der Waals surface area contributed by atoms with Gasteiger partial charge in [-0.3, -0.25) is 4.98 Å². The minimum Gasteiger partial charge on any atom is -0.495 e. The van der Waals surface area contributed by atoms with Crippen LogP contribution in [0.2, 0.25) is 0 Å². The Morgan fingerprint density at radius 1 is 1.12 bits per heavy atom. The van der Waals surface area contributed by atoms with Gasteiger partial charge in [0.05, 0.1) is 18.5 Å². The van der Waals surface area contributed by atoms with Crippen LogP contribution >= 0.6 is 0 Å². The minimum absolute atomic E-state index is 0.743. The first-order valence-electron chi connectivity index (χ1n) is 4.99. The zero-order chi connectivity index (χ0) is 11.4. The molecule has 4 nitrogen and oxygen atoms in total. The van der Waals surface area contributed by atoms with Crippen LogP contribution in [0.4, 0.5) is 11.5 Å². The molecule has 1 aromatic heterocycles. The number of ether oxygens (including phenoxy) is 1. The number of hydrogen-bond donors (Lipinski definition) is 1. The van der Waals surface area contributed by atoms with Crippen molar-refractivity contribution in [2.45, 2.75) is 6.92 Å². The number of nitrogens with zero attached hydrogens (tertiary/aromatic N) is 2. The van der Waals surface area contributed by atoms with Crippen molar-refractivity contribution in [2.24, 2.45) is 0 Å². The minimum atomic E-state index is 0.743. The van der Waals surface area contributed by atoms with Crippen LogP contribution < -0.4 is 10.1 Å². The van der Waals surface area contributed by atoms with Gasteiger partial charge in [-0.05, 0) is 19.1 Å². The molecule has 0 aliphatic carbocycles. The number of aromatic nitrogens is 2. The van der Waals surface area contributed by atoms with Gasteiger partial charge < -0.3 is 10.1 Å². The summed E-state index contributed by atoms with van der Waals surface area (Å²) < 4.78 is 5.25. The summed E-state index contributed by atoms with van der Waals surface area (Å²) in [6.07, 6.45) is 3.33. The van der Waals surface area contributed by atoms with Crippen molar-refractivity contribution in [3.05, 3.63) is 42.4 Å². The van der Waals surface area contributed by atoms with Gasteiger partial charge in [0.15, 0.2) is 5.82 Å². The Balaban J connectivity index is 2.30. The molecule has 0 fully saturated rings. The molecule has 82 valence electrons. The second-order valence-electron chi connectivity index (χ2n) is 3.32. The molecule has 0 atom stereocenters. The Hall–Kier alpha value is -2.10. The third-order valence-electron chi connectivity index (χ3n) is 2.24. The Kier molecular flexibility index (Phi) is 3.00. The molecule has 1 N–H and O–H groups in total. The summed E-state index contributed by atoms with van der Waals surface area (Å²) in [5.41, 5.74) is 1.74. The van der Waals surface area contributed by atoms with Crippen molar-refractivity contribution in [2.75, 3.05) is 12.4 Å². The molecule has 0 saturated carbocycles.